The predicted molar refractivity (Wildman–Crippen MR) is 140 cm³/mol. The Kier molecular flexibility index (Phi) is 6.95. The van der Waals surface area contributed by atoms with Gasteiger partial charge in [0.15, 0.2) is 17.3 Å². The van der Waals surface area contributed by atoms with E-state index in [9.17, 15) is 4.79 Å². The van der Waals surface area contributed by atoms with Crippen molar-refractivity contribution in [3.05, 3.63) is 95.1 Å². The molecule has 0 aliphatic heterocycles. The first-order valence-corrected chi connectivity index (χ1v) is 13.0. The molecule has 0 aromatic heterocycles. The van der Waals surface area contributed by atoms with Gasteiger partial charge in [0.25, 0.3) is 0 Å². The summed E-state index contributed by atoms with van der Waals surface area (Å²) in [6.07, 6.45) is 8.91. The fourth-order valence-corrected chi connectivity index (χ4v) is 6.49. The van der Waals surface area contributed by atoms with Crippen LogP contribution in [-0.2, 0) is 19.3 Å². The molecule has 1 atom stereocenters. The lowest BCUT2D eigenvalue weighted by Crippen LogP contribution is -2.33. The molecule has 0 N–H and O–H groups in total. The number of benzene rings is 3. The molecule has 2 aliphatic rings. The van der Waals surface area contributed by atoms with Crippen LogP contribution in [0.15, 0.2) is 72.8 Å². The Morgan fingerprint density at radius 1 is 0.800 bits per heavy atom. The Labute approximate surface area is 209 Å². The van der Waals surface area contributed by atoms with Gasteiger partial charge in [0.05, 0.1) is 14.2 Å². The highest BCUT2D eigenvalue weighted by molar-refractivity contribution is 6.02. The highest BCUT2D eigenvalue weighted by Gasteiger charge is 2.39. The van der Waals surface area contributed by atoms with Crippen molar-refractivity contribution in [2.45, 2.75) is 51.4 Å². The first-order valence-electron chi connectivity index (χ1n) is 13.0. The molecule has 0 amide bonds. The maximum Gasteiger partial charge on any atom is 0.166 e. The minimum absolute atomic E-state index is 0.0857. The summed E-state index contributed by atoms with van der Waals surface area (Å²) in [7, 11) is 3.28. The fourth-order valence-electron chi connectivity index (χ4n) is 6.49. The Morgan fingerprint density at radius 3 is 1.89 bits per heavy atom. The number of fused-ring (bicyclic) bond motifs is 1. The number of hydrogen-bond donors (Lipinski definition) is 0. The van der Waals surface area contributed by atoms with Crippen LogP contribution in [0.1, 0.15) is 59.2 Å². The zero-order valence-electron chi connectivity index (χ0n) is 21.0. The second kappa shape index (κ2) is 10.3. The number of ether oxygens (including phenoxy) is 2. The third-order valence-corrected chi connectivity index (χ3v) is 8.34. The van der Waals surface area contributed by atoms with Crippen molar-refractivity contribution in [3.8, 4) is 11.5 Å². The zero-order chi connectivity index (χ0) is 24.3. The van der Waals surface area contributed by atoms with Gasteiger partial charge >= 0.3 is 0 Å². The van der Waals surface area contributed by atoms with Crippen LogP contribution < -0.4 is 9.47 Å². The van der Waals surface area contributed by atoms with Crippen molar-refractivity contribution in [1.82, 2.24) is 0 Å². The van der Waals surface area contributed by atoms with Crippen LogP contribution in [0.5, 0.6) is 11.5 Å². The van der Waals surface area contributed by atoms with Gasteiger partial charge in [-0.1, -0.05) is 60.7 Å². The topological polar surface area (TPSA) is 35.5 Å². The number of ketones is 1. The predicted octanol–water partition coefficient (Wildman–Crippen LogP) is 7.11. The summed E-state index contributed by atoms with van der Waals surface area (Å²) < 4.78 is 10.9. The third kappa shape index (κ3) is 5.15. The molecule has 1 saturated carbocycles. The first-order chi connectivity index (χ1) is 17.1. The van der Waals surface area contributed by atoms with Gasteiger partial charge in [0, 0.05) is 11.5 Å². The standard InChI is InChI=1S/C32H36O3/c1-34-29-19-26-18-27(31(33)28(26)20-30(29)35-2)17-23-13-15-32(16-14-23,21-24-9-5-3-6-10-24)22-25-11-7-4-8-12-25/h3-12,19-20,23,27H,13-18,21-22H2,1-2H3. The van der Waals surface area contributed by atoms with E-state index in [4.69, 9.17) is 9.47 Å². The maximum atomic E-state index is 13.3. The smallest absolute Gasteiger partial charge is 0.166 e. The van der Waals surface area contributed by atoms with E-state index in [0.29, 0.717) is 22.8 Å². The average Bonchev–Trinajstić information content (AvgIpc) is 3.19. The van der Waals surface area contributed by atoms with Gasteiger partial charge in [-0.05, 0) is 91.5 Å². The van der Waals surface area contributed by atoms with E-state index in [0.717, 1.165) is 36.8 Å². The Morgan fingerprint density at radius 2 is 1.34 bits per heavy atom. The van der Waals surface area contributed by atoms with Crippen LogP contribution in [0.4, 0.5) is 0 Å². The summed E-state index contributed by atoms with van der Waals surface area (Å²) in [4.78, 5) is 13.3. The molecule has 5 rings (SSSR count). The zero-order valence-corrected chi connectivity index (χ0v) is 21.0. The number of methoxy groups -OCH3 is 2. The van der Waals surface area contributed by atoms with Crippen molar-refractivity contribution in [2.75, 3.05) is 14.2 Å². The van der Waals surface area contributed by atoms with E-state index in [1.807, 2.05) is 12.1 Å². The monoisotopic (exact) mass is 468 g/mol. The van der Waals surface area contributed by atoms with Crippen LogP contribution in [0.25, 0.3) is 0 Å². The second-order valence-corrected chi connectivity index (χ2v) is 10.6. The van der Waals surface area contributed by atoms with E-state index in [1.165, 1.54) is 36.8 Å². The van der Waals surface area contributed by atoms with E-state index >= 15 is 0 Å². The largest absolute Gasteiger partial charge is 0.493 e. The number of carbonyl (C=O) groups excluding carboxylic acids is 1. The molecule has 1 fully saturated rings. The minimum atomic E-state index is 0.0857. The molecule has 3 heteroatoms. The lowest BCUT2D eigenvalue weighted by Gasteiger charge is -2.41. The molecule has 35 heavy (non-hydrogen) atoms. The molecule has 182 valence electrons. The summed E-state index contributed by atoms with van der Waals surface area (Å²) in [6, 6.07) is 25.8. The van der Waals surface area contributed by atoms with Crippen LogP contribution >= 0.6 is 0 Å². The summed E-state index contributed by atoms with van der Waals surface area (Å²) in [5, 5.41) is 0. The molecule has 2 aliphatic carbocycles. The van der Waals surface area contributed by atoms with Crippen LogP contribution in [0.3, 0.4) is 0 Å². The summed E-state index contributed by atoms with van der Waals surface area (Å²) >= 11 is 0. The highest BCUT2D eigenvalue weighted by Crippen LogP contribution is 2.47. The summed E-state index contributed by atoms with van der Waals surface area (Å²) in [6.45, 7) is 0. The van der Waals surface area contributed by atoms with E-state index < -0.39 is 0 Å². The number of rotatable bonds is 8. The Balaban J connectivity index is 1.27. The quantitative estimate of drug-likeness (QED) is 0.353. The summed E-state index contributed by atoms with van der Waals surface area (Å²) in [5.41, 5.74) is 5.10. The van der Waals surface area contributed by atoms with E-state index in [2.05, 4.69) is 60.7 Å². The van der Waals surface area contributed by atoms with Gasteiger partial charge < -0.3 is 9.47 Å². The van der Waals surface area contributed by atoms with E-state index in [1.54, 1.807) is 14.2 Å². The molecule has 0 saturated heterocycles. The fraction of sp³-hybridized carbons (Fsp3) is 0.406. The van der Waals surface area contributed by atoms with Gasteiger partial charge in [0.1, 0.15) is 0 Å². The third-order valence-electron chi connectivity index (χ3n) is 8.34. The average molecular weight is 469 g/mol. The highest BCUT2D eigenvalue weighted by atomic mass is 16.5. The molecule has 3 aromatic rings. The molecule has 0 radical (unpaired) electrons. The lowest BCUT2D eigenvalue weighted by molar-refractivity contribution is 0.0881. The minimum Gasteiger partial charge on any atom is -0.493 e. The normalized spacial score (nSPS) is 19.4. The van der Waals surface area contributed by atoms with Gasteiger partial charge in [-0.15, -0.1) is 0 Å². The number of hydrogen-bond acceptors (Lipinski definition) is 3. The first kappa shape index (κ1) is 23.7. The molecular weight excluding hydrogens is 432 g/mol. The summed E-state index contributed by atoms with van der Waals surface area (Å²) in [5.74, 6) is 2.34. The van der Waals surface area contributed by atoms with Crippen molar-refractivity contribution in [1.29, 1.82) is 0 Å². The second-order valence-electron chi connectivity index (χ2n) is 10.6. The van der Waals surface area contributed by atoms with Gasteiger partial charge in [-0.25, -0.2) is 0 Å². The van der Waals surface area contributed by atoms with Gasteiger partial charge in [0.2, 0.25) is 0 Å². The molecular formula is C32H36O3. The van der Waals surface area contributed by atoms with Crippen LogP contribution in [-0.4, -0.2) is 20.0 Å². The molecule has 3 aromatic carbocycles. The van der Waals surface area contributed by atoms with Gasteiger partial charge in [-0.2, -0.15) is 0 Å². The SMILES string of the molecule is COc1cc2c(cc1OC)C(=O)C(CC1CCC(Cc3ccccc3)(Cc3ccccc3)CC1)C2. The van der Waals surface area contributed by atoms with Crippen molar-refractivity contribution < 1.29 is 14.3 Å². The molecule has 1 unspecified atom stereocenters. The molecule has 0 heterocycles. The molecule has 3 nitrogen and oxygen atoms in total. The molecule has 0 spiro atoms. The number of Topliss-reactive ketones (excluding diaryl/α,β-unsaturated/α-hetero) is 1. The van der Waals surface area contributed by atoms with Crippen molar-refractivity contribution in [3.63, 3.8) is 0 Å². The van der Waals surface area contributed by atoms with Crippen LogP contribution in [0, 0.1) is 17.3 Å². The van der Waals surface area contributed by atoms with Crippen molar-refractivity contribution >= 4 is 5.78 Å². The maximum absolute atomic E-state index is 13.3. The Hall–Kier alpha value is -3.07. The number of carbonyl (C=O) groups is 1. The van der Waals surface area contributed by atoms with Crippen LogP contribution in [0.2, 0.25) is 0 Å². The van der Waals surface area contributed by atoms with E-state index in [-0.39, 0.29) is 11.7 Å². The van der Waals surface area contributed by atoms with Gasteiger partial charge in [-0.3, -0.25) is 4.79 Å². The van der Waals surface area contributed by atoms with Crippen molar-refractivity contribution in [2.24, 2.45) is 17.3 Å². The lowest BCUT2D eigenvalue weighted by atomic mass is 9.63. The molecule has 0 bridgehead atoms. The Bertz CT molecular complexity index is 1100.